The molecule has 0 aliphatic heterocycles. The molecule has 12 heteroatoms. The Labute approximate surface area is 160 Å². The first-order valence-electron chi connectivity index (χ1n) is 7.65. The van der Waals surface area contributed by atoms with Gasteiger partial charge in [0.2, 0.25) is 11.7 Å². The van der Waals surface area contributed by atoms with Gasteiger partial charge in [0.05, 0.1) is 0 Å². The van der Waals surface area contributed by atoms with E-state index in [4.69, 9.17) is 14.6 Å². The number of hydrogen-bond acceptors (Lipinski definition) is 10. The summed E-state index contributed by atoms with van der Waals surface area (Å²) in [5, 5.41) is 14.0. The molecule has 0 aromatic carbocycles. The summed E-state index contributed by atoms with van der Waals surface area (Å²) in [4.78, 5) is 40.1. The minimum absolute atomic E-state index is 0.402. The number of hydrogen-bond donors (Lipinski definition) is 2. The molecule has 0 aliphatic carbocycles. The molecule has 1 heterocycles. The molecule has 0 radical (unpaired) electrons. The van der Waals surface area contributed by atoms with Crippen LogP contribution in [-0.4, -0.2) is 56.5 Å². The summed E-state index contributed by atoms with van der Waals surface area (Å²) in [6, 6.07) is 0. The number of carbonyl (C=O) groups is 3. The van der Waals surface area contributed by atoms with Crippen molar-refractivity contribution in [2.24, 2.45) is 5.16 Å². The van der Waals surface area contributed by atoms with Gasteiger partial charge in [-0.1, -0.05) is 5.16 Å². The zero-order chi connectivity index (χ0) is 21.1. The number of carbonyl (C=O) groups excluding carboxylic acids is 2. The van der Waals surface area contributed by atoms with Crippen LogP contribution in [0.1, 0.15) is 41.5 Å². The number of aromatic nitrogens is 2. The van der Waals surface area contributed by atoms with Crippen molar-refractivity contribution < 1.29 is 33.8 Å². The molecular formula is C15H24N4O7S. The maximum absolute atomic E-state index is 11.1. The number of esters is 1. The fourth-order valence-electron chi connectivity index (χ4n) is 1.16. The lowest BCUT2D eigenvalue weighted by Crippen LogP contribution is -2.27. The molecule has 0 unspecified atom stereocenters. The van der Waals surface area contributed by atoms with E-state index in [1.807, 2.05) is 0 Å². The van der Waals surface area contributed by atoms with E-state index in [1.165, 1.54) is 6.33 Å². The van der Waals surface area contributed by atoms with Crippen LogP contribution in [0.15, 0.2) is 11.5 Å². The number of rotatable bonds is 5. The van der Waals surface area contributed by atoms with Gasteiger partial charge in [-0.25, -0.2) is 19.4 Å². The number of anilines is 1. The summed E-state index contributed by atoms with van der Waals surface area (Å²) >= 11 is 1.10. The van der Waals surface area contributed by atoms with Crippen LogP contribution in [0.2, 0.25) is 0 Å². The quantitative estimate of drug-likeness (QED) is 0.428. The molecule has 0 bridgehead atoms. The largest absolute Gasteiger partial charge is 0.477 e. The molecule has 1 aromatic rings. The van der Waals surface area contributed by atoms with Crippen LogP contribution in [0, 0.1) is 0 Å². The lowest BCUT2D eigenvalue weighted by Gasteiger charge is -2.18. The molecule has 1 amide bonds. The van der Waals surface area contributed by atoms with Crippen molar-refractivity contribution in [1.82, 2.24) is 9.36 Å². The minimum atomic E-state index is -1.24. The van der Waals surface area contributed by atoms with Crippen molar-refractivity contribution in [2.75, 3.05) is 11.9 Å². The Morgan fingerprint density at radius 3 is 2.22 bits per heavy atom. The fourth-order valence-corrected chi connectivity index (χ4v) is 1.58. The van der Waals surface area contributed by atoms with Crippen molar-refractivity contribution in [3.05, 3.63) is 6.33 Å². The van der Waals surface area contributed by atoms with Gasteiger partial charge >= 0.3 is 18.0 Å². The van der Waals surface area contributed by atoms with E-state index < -0.39 is 35.8 Å². The van der Waals surface area contributed by atoms with Crippen molar-refractivity contribution in [3.63, 3.8) is 0 Å². The first-order chi connectivity index (χ1) is 12.3. The SMILES string of the molecule is CC(C)(C)OC(=O)CON=CC(=O)O.CC(C)(C)OC(=O)Nc1ncns1. The monoisotopic (exact) mass is 404 g/mol. The van der Waals surface area contributed by atoms with Gasteiger partial charge in [-0.3, -0.25) is 5.32 Å². The number of carboxylic acid groups (broad SMARTS) is 1. The Balaban J connectivity index is 0.000000501. The second kappa shape index (κ2) is 11.1. The first kappa shape index (κ1) is 24.2. The third-order valence-corrected chi connectivity index (χ3v) is 2.39. The third-order valence-electron chi connectivity index (χ3n) is 1.81. The molecular weight excluding hydrogens is 380 g/mol. The second-order valence-corrected chi connectivity index (χ2v) is 7.59. The number of oxime groups is 1. The number of nitrogens with one attached hydrogen (secondary N) is 1. The predicted molar refractivity (Wildman–Crippen MR) is 97.7 cm³/mol. The molecule has 0 spiro atoms. The van der Waals surface area contributed by atoms with Crippen LogP contribution < -0.4 is 5.32 Å². The van der Waals surface area contributed by atoms with Gasteiger partial charge in [0.1, 0.15) is 17.5 Å². The highest BCUT2D eigenvalue weighted by Crippen LogP contribution is 2.11. The van der Waals surface area contributed by atoms with Crippen LogP contribution in [0.25, 0.3) is 0 Å². The van der Waals surface area contributed by atoms with Gasteiger partial charge in [-0.2, -0.15) is 4.37 Å². The Bertz CT molecular complexity index is 634. The summed E-state index contributed by atoms with van der Waals surface area (Å²) in [7, 11) is 0. The smallest absolute Gasteiger partial charge is 0.414 e. The summed E-state index contributed by atoms with van der Waals surface area (Å²) in [5.41, 5.74) is -1.08. The molecule has 11 nitrogen and oxygen atoms in total. The second-order valence-electron chi connectivity index (χ2n) is 6.81. The number of ether oxygens (including phenoxy) is 2. The van der Waals surface area contributed by atoms with Gasteiger partial charge < -0.3 is 19.4 Å². The van der Waals surface area contributed by atoms with E-state index in [2.05, 4.69) is 24.7 Å². The summed E-state index contributed by atoms with van der Waals surface area (Å²) in [6.45, 7) is 10.1. The molecule has 0 fully saturated rings. The molecule has 0 aliphatic rings. The van der Waals surface area contributed by atoms with E-state index in [0.717, 1.165) is 11.5 Å². The minimum Gasteiger partial charge on any atom is -0.477 e. The maximum Gasteiger partial charge on any atom is 0.414 e. The van der Waals surface area contributed by atoms with Gasteiger partial charge in [0.15, 0.2) is 6.21 Å². The highest BCUT2D eigenvalue weighted by atomic mass is 32.1. The first-order valence-corrected chi connectivity index (χ1v) is 8.42. The lowest BCUT2D eigenvalue weighted by atomic mass is 10.2. The summed E-state index contributed by atoms with van der Waals surface area (Å²) in [5.74, 6) is -1.84. The maximum atomic E-state index is 11.1. The molecule has 27 heavy (non-hydrogen) atoms. The van der Waals surface area contributed by atoms with E-state index in [-0.39, 0.29) is 0 Å². The molecule has 1 aromatic heterocycles. The normalized spacial score (nSPS) is 11.2. The van der Waals surface area contributed by atoms with Crippen molar-refractivity contribution in [1.29, 1.82) is 0 Å². The van der Waals surface area contributed by atoms with Crippen LogP contribution in [-0.2, 0) is 23.9 Å². The van der Waals surface area contributed by atoms with E-state index in [0.29, 0.717) is 11.3 Å². The standard InChI is InChI=1S/C8H13NO5.C7H11N3O2S/c1-8(2,3)14-7(12)5-13-9-4-6(10)11;1-7(2,3)12-6(11)10-5-8-4-9-13-5/h4H,5H2,1-3H3,(H,10,11);4H,1-3H3,(H,8,9,10,11). The Hall–Kier alpha value is -2.76. The van der Waals surface area contributed by atoms with Crippen LogP contribution in [0.3, 0.4) is 0 Å². The zero-order valence-corrected chi connectivity index (χ0v) is 16.8. The van der Waals surface area contributed by atoms with Crippen molar-refractivity contribution >= 4 is 40.9 Å². The van der Waals surface area contributed by atoms with Gasteiger partial charge in [0, 0.05) is 11.5 Å². The molecule has 1 rings (SSSR count). The van der Waals surface area contributed by atoms with Gasteiger partial charge in [0.25, 0.3) is 0 Å². The Morgan fingerprint density at radius 1 is 1.19 bits per heavy atom. The number of aliphatic carboxylic acids is 1. The Morgan fingerprint density at radius 2 is 1.78 bits per heavy atom. The molecule has 2 N–H and O–H groups in total. The highest BCUT2D eigenvalue weighted by molar-refractivity contribution is 7.09. The molecule has 152 valence electrons. The average molecular weight is 404 g/mol. The Kier molecular flexibility index (Phi) is 9.93. The van der Waals surface area contributed by atoms with Crippen LogP contribution in [0.5, 0.6) is 0 Å². The van der Waals surface area contributed by atoms with Crippen LogP contribution in [0.4, 0.5) is 9.93 Å². The third kappa shape index (κ3) is 16.5. The fraction of sp³-hybridized carbons (Fsp3) is 0.600. The van der Waals surface area contributed by atoms with E-state index in [9.17, 15) is 14.4 Å². The topological polar surface area (TPSA) is 149 Å². The summed E-state index contributed by atoms with van der Waals surface area (Å²) in [6.07, 6.45) is 1.41. The number of amides is 1. The van der Waals surface area contributed by atoms with Crippen LogP contribution >= 0.6 is 11.5 Å². The van der Waals surface area contributed by atoms with E-state index >= 15 is 0 Å². The highest BCUT2D eigenvalue weighted by Gasteiger charge is 2.17. The number of carboxylic acids is 1. The number of nitrogens with zero attached hydrogens (tertiary/aromatic N) is 3. The molecule has 0 saturated carbocycles. The van der Waals surface area contributed by atoms with Gasteiger partial charge in [-0.05, 0) is 41.5 Å². The molecule has 0 atom stereocenters. The predicted octanol–water partition coefficient (Wildman–Crippen LogP) is 2.30. The van der Waals surface area contributed by atoms with Crippen molar-refractivity contribution in [3.8, 4) is 0 Å². The summed E-state index contributed by atoms with van der Waals surface area (Å²) < 4.78 is 13.6. The van der Waals surface area contributed by atoms with Crippen molar-refractivity contribution in [2.45, 2.75) is 52.7 Å². The van der Waals surface area contributed by atoms with Gasteiger partial charge in [-0.15, -0.1) is 0 Å². The lowest BCUT2D eigenvalue weighted by molar-refractivity contribution is -0.160. The average Bonchev–Trinajstić information content (AvgIpc) is 2.92. The van der Waals surface area contributed by atoms with E-state index in [1.54, 1.807) is 41.5 Å². The molecule has 0 saturated heterocycles. The zero-order valence-electron chi connectivity index (χ0n) is 16.0.